The number of carbonyl (C=O) groups excluding carboxylic acids is 1. The van der Waals surface area contributed by atoms with Crippen LogP contribution in [0.3, 0.4) is 0 Å². The molecule has 0 unspecified atom stereocenters. The van der Waals surface area contributed by atoms with Crippen LogP contribution in [0.25, 0.3) is 22.1 Å². The molecule has 0 bridgehead atoms. The van der Waals surface area contributed by atoms with Crippen LogP contribution in [0.4, 0.5) is 0 Å². The van der Waals surface area contributed by atoms with Crippen molar-refractivity contribution < 1.29 is 13.9 Å². The summed E-state index contributed by atoms with van der Waals surface area (Å²) in [7, 11) is 0. The van der Waals surface area contributed by atoms with Crippen LogP contribution in [-0.4, -0.2) is 17.6 Å². The maximum atomic E-state index is 12.6. The summed E-state index contributed by atoms with van der Waals surface area (Å²) in [4.78, 5) is 28.8. The molecule has 0 atom stereocenters. The number of rotatable bonds is 2. The Bertz CT molecular complexity index is 956. The van der Waals surface area contributed by atoms with Crippen molar-refractivity contribution in [2.24, 2.45) is 0 Å². The van der Waals surface area contributed by atoms with Gasteiger partial charge in [0.15, 0.2) is 0 Å². The molecule has 0 aliphatic carbocycles. The van der Waals surface area contributed by atoms with Gasteiger partial charge in [0, 0.05) is 0 Å². The zero-order valence-corrected chi connectivity index (χ0v) is 12.6. The van der Waals surface area contributed by atoms with Gasteiger partial charge in [-0.3, -0.25) is 4.79 Å². The molecule has 3 aromatic rings. The Morgan fingerprint density at radius 2 is 2.00 bits per heavy atom. The quantitative estimate of drug-likeness (QED) is 0.537. The number of ether oxygens (including phenoxy) is 1. The average Bonchev–Trinajstić information content (AvgIpc) is 2.46. The van der Waals surface area contributed by atoms with E-state index in [1.165, 1.54) is 6.07 Å². The number of nitrogens with zero attached hydrogens (tertiary/aromatic N) is 1. The number of benzene rings is 1. The molecule has 5 heteroatoms. The SMILES string of the molecule is CCOC(=O)c1cc2c(=O)c3ccc(C)cc3oc2nc1C. The summed E-state index contributed by atoms with van der Waals surface area (Å²) >= 11 is 0. The van der Waals surface area contributed by atoms with Gasteiger partial charge in [-0.1, -0.05) is 6.07 Å². The number of pyridine rings is 1. The predicted molar refractivity (Wildman–Crippen MR) is 83.2 cm³/mol. The number of aromatic nitrogens is 1. The van der Waals surface area contributed by atoms with E-state index in [9.17, 15) is 9.59 Å². The fourth-order valence-corrected chi connectivity index (χ4v) is 2.39. The number of carbonyl (C=O) groups is 1. The van der Waals surface area contributed by atoms with Crippen molar-refractivity contribution in [2.75, 3.05) is 6.61 Å². The summed E-state index contributed by atoms with van der Waals surface area (Å²) < 4.78 is 10.7. The van der Waals surface area contributed by atoms with Crippen LogP contribution in [0.1, 0.15) is 28.5 Å². The maximum Gasteiger partial charge on any atom is 0.339 e. The number of fused-ring (bicyclic) bond motifs is 2. The highest BCUT2D eigenvalue weighted by Gasteiger charge is 2.16. The molecule has 5 nitrogen and oxygen atoms in total. The first-order valence-electron chi connectivity index (χ1n) is 7.03. The molecule has 0 fully saturated rings. The molecule has 0 saturated carbocycles. The van der Waals surface area contributed by atoms with Crippen molar-refractivity contribution in [3.8, 4) is 0 Å². The summed E-state index contributed by atoms with van der Waals surface area (Å²) in [6.07, 6.45) is 0. The third-order valence-electron chi connectivity index (χ3n) is 3.51. The Hall–Kier alpha value is -2.69. The van der Waals surface area contributed by atoms with E-state index in [4.69, 9.17) is 9.15 Å². The van der Waals surface area contributed by atoms with Crippen molar-refractivity contribution in [3.05, 3.63) is 51.3 Å². The molecule has 1 aromatic carbocycles. The van der Waals surface area contributed by atoms with Gasteiger partial charge >= 0.3 is 5.97 Å². The lowest BCUT2D eigenvalue weighted by atomic mass is 10.1. The molecule has 112 valence electrons. The smallest absolute Gasteiger partial charge is 0.339 e. The summed E-state index contributed by atoms with van der Waals surface area (Å²) in [6.45, 7) is 5.60. The van der Waals surface area contributed by atoms with Gasteiger partial charge in [0.25, 0.3) is 0 Å². The van der Waals surface area contributed by atoms with Crippen molar-refractivity contribution >= 4 is 28.0 Å². The van der Waals surface area contributed by atoms with E-state index in [0.717, 1.165) is 5.56 Å². The lowest BCUT2D eigenvalue weighted by Gasteiger charge is -2.07. The van der Waals surface area contributed by atoms with Gasteiger partial charge in [0.2, 0.25) is 11.1 Å². The summed E-state index contributed by atoms with van der Waals surface area (Å²) in [5, 5.41) is 0.753. The largest absolute Gasteiger partial charge is 0.462 e. The van der Waals surface area contributed by atoms with Crippen molar-refractivity contribution in [2.45, 2.75) is 20.8 Å². The normalized spacial score (nSPS) is 11.0. The molecule has 0 aliphatic rings. The van der Waals surface area contributed by atoms with Crippen molar-refractivity contribution in [1.29, 1.82) is 0 Å². The second kappa shape index (κ2) is 5.26. The van der Waals surface area contributed by atoms with Gasteiger partial charge < -0.3 is 9.15 Å². The van der Waals surface area contributed by atoms with Gasteiger partial charge in [0.05, 0.1) is 28.6 Å². The van der Waals surface area contributed by atoms with Crippen LogP contribution in [0.15, 0.2) is 33.5 Å². The molecule has 0 aliphatic heterocycles. The molecular weight excluding hydrogens is 282 g/mol. The van der Waals surface area contributed by atoms with Crippen molar-refractivity contribution in [1.82, 2.24) is 4.98 Å². The van der Waals surface area contributed by atoms with Gasteiger partial charge in [-0.15, -0.1) is 0 Å². The summed E-state index contributed by atoms with van der Waals surface area (Å²) in [6, 6.07) is 6.87. The minimum atomic E-state index is -0.488. The van der Waals surface area contributed by atoms with E-state index in [1.54, 1.807) is 26.0 Å². The molecule has 0 radical (unpaired) electrons. The Balaban J connectivity index is 2.34. The van der Waals surface area contributed by atoms with E-state index in [-0.39, 0.29) is 28.7 Å². The number of hydrogen-bond acceptors (Lipinski definition) is 5. The standard InChI is InChI=1S/C17H15NO4/c1-4-21-17(20)12-8-13-15(19)11-6-5-9(2)7-14(11)22-16(13)18-10(12)3/h5-8H,4H2,1-3H3. The molecular formula is C17H15NO4. The molecule has 3 rings (SSSR count). The summed E-state index contributed by atoms with van der Waals surface area (Å²) in [5.41, 5.74) is 2.28. The fourth-order valence-electron chi connectivity index (χ4n) is 2.39. The number of aryl methyl sites for hydroxylation is 2. The Morgan fingerprint density at radius 3 is 2.73 bits per heavy atom. The first kappa shape index (κ1) is 14.3. The van der Waals surface area contributed by atoms with Crippen LogP contribution >= 0.6 is 0 Å². The molecule has 22 heavy (non-hydrogen) atoms. The van der Waals surface area contributed by atoms with Crippen LogP contribution in [0, 0.1) is 13.8 Å². The molecule has 0 amide bonds. The fraction of sp³-hybridized carbons (Fsp3) is 0.235. The van der Waals surface area contributed by atoms with Gasteiger partial charge in [-0.2, -0.15) is 0 Å². The minimum absolute atomic E-state index is 0.200. The summed E-state index contributed by atoms with van der Waals surface area (Å²) in [5.74, 6) is -0.488. The molecule has 0 spiro atoms. The van der Waals surface area contributed by atoms with E-state index in [0.29, 0.717) is 16.7 Å². The first-order valence-corrected chi connectivity index (χ1v) is 7.03. The lowest BCUT2D eigenvalue weighted by molar-refractivity contribution is 0.0525. The number of esters is 1. The third kappa shape index (κ3) is 2.24. The molecule has 2 aromatic heterocycles. The van der Waals surface area contributed by atoms with E-state index < -0.39 is 5.97 Å². The van der Waals surface area contributed by atoms with Gasteiger partial charge in [-0.25, -0.2) is 9.78 Å². The first-order chi connectivity index (χ1) is 10.5. The minimum Gasteiger partial charge on any atom is -0.462 e. The molecule has 0 saturated heterocycles. The van der Waals surface area contributed by atoms with Crippen LogP contribution in [0.5, 0.6) is 0 Å². The second-order valence-corrected chi connectivity index (χ2v) is 5.13. The zero-order valence-electron chi connectivity index (χ0n) is 12.6. The molecule has 2 heterocycles. The monoisotopic (exact) mass is 297 g/mol. The highest BCUT2D eigenvalue weighted by Crippen LogP contribution is 2.21. The van der Waals surface area contributed by atoms with Crippen molar-refractivity contribution in [3.63, 3.8) is 0 Å². The number of hydrogen-bond donors (Lipinski definition) is 0. The predicted octanol–water partition coefficient (Wildman–Crippen LogP) is 3.13. The topological polar surface area (TPSA) is 69.4 Å². The van der Waals surface area contributed by atoms with E-state index in [2.05, 4.69) is 4.98 Å². The van der Waals surface area contributed by atoms with Gasteiger partial charge in [-0.05, 0) is 44.5 Å². The maximum absolute atomic E-state index is 12.6. The zero-order chi connectivity index (χ0) is 15.9. The van der Waals surface area contributed by atoms with Crippen LogP contribution in [0.2, 0.25) is 0 Å². The van der Waals surface area contributed by atoms with Crippen LogP contribution in [-0.2, 0) is 4.74 Å². The third-order valence-corrected chi connectivity index (χ3v) is 3.51. The highest BCUT2D eigenvalue weighted by molar-refractivity contribution is 5.96. The average molecular weight is 297 g/mol. The van der Waals surface area contributed by atoms with E-state index in [1.807, 2.05) is 13.0 Å². The Labute approximate surface area is 126 Å². The van der Waals surface area contributed by atoms with Gasteiger partial charge in [0.1, 0.15) is 5.58 Å². The second-order valence-electron chi connectivity index (χ2n) is 5.13. The Kier molecular flexibility index (Phi) is 3.41. The lowest BCUT2D eigenvalue weighted by Crippen LogP contribution is -2.11. The highest BCUT2D eigenvalue weighted by atomic mass is 16.5. The Morgan fingerprint density at radius 1 is 1.23 bits per heavy atom. The van der Waals surface area contributed by atoms with E-state index >= 15 is 0 Å². The van der Waals surface area contributed by atoms with Crippen LogP contribution < -0.4 is 5.43 Å². The molecule has 0 N–H and O–H groups in total.